The molecule has 0 aromatic carbocycles. The maximum atomic E-state index is 7.86. The molecule has 4 aliphatic carbocycles. The third-order valence-corrected chi connectivity index (χ3v) is 4.39. The molecule has 0 aliphatic heterocycles. The third kappa shape index (κ3) is 1.40. The molecule has 0 amide bonds. The zero-order valence-corrected chi connectivity index (χ0v) is 9.62. The summed E-state index contributed by atoms with van der Waals surface area (Å²) in [5.74, 6) is 0.562. The van der Waals surface area contributed by atoms with Crippen molar-refractivity contribution in [2.24, 2.45) is 22.5 Å². The van der Waals surface area contributed by atoms with Gasteiger partial charge in [0, 0.05) is 9.65 Å². The van der Waals surface area contributed by atoms with Gasteiger partial charge in [0.25, 0.3) is 0 Å². The van der Waals surface area contributed by atoms with Gasteiger partial charge in [-0.05, 0) is 55.3 Å². The van der Waals surface area contributed by atoms with E-state index in [0.717, 1.165) is 32.1 Å². The number of hydrogen-bond acceptors (Lipinski definition) is 1. The van der Waals surface area contributed by atoms with Crippen LogP contribution >= 0.6 is 12.4 Å². The van der Waals surface area contributed by atoms with E-state index in [9.17, 15) is 0 Å². The summed E-state index contributed by atoms with van der Waals surface area (Å²) in [7, 11) is 0. The van der Waals surface area contributed by atoms with E-state index < -0.39 is 12.3 Å². The molecular weight excluding hydrogens is 194 g/mol. The Morgan fingerprint density at radius 3 is 2.36 bits per heavy atom. The number of nitrogens with two attached hydrogens (primary N) is 1. The van der Waals surface area contributed by atoms with Crippen molar-refractivity contribution in [3.8, 4) is 0 Å². The van der Waals surface area contributed by atoms with Gasteiger partial charge in [-0.3, -0.25) is 0 Å². The molecule has 14 heavy (non-hydrogen) atoms. The van der Waals surface area contributed by atoms with E-state index in [-0.39, 0.29) is 23.4 Å². The first-order valence-electron chi connectivity index (χ1n) is 6.95. The molecule has 0 saturated heterocycles. The summed E-state index contributed by atoms with van der Waals surface area (Å²) in [4.78, 5) is 0. The Morgan fingerprint density at radius 1 is 1.14 bits per heavy atom. The SMILES string of the molecule is Cl.[2H]C([2H])([2H])C12CC3CC(C)(CC(N)(C3)C1)C2. The average molecular weight is 219 g/mol. The molecule has 0 radical (unpaired) electrons. The van der Waals surface area contributed by atoms with Crippen LogP contribution in [-0.4, -0.2) is 5.54 Å². The highest BCUT2D eigenvalue weighted by Gasteiger charge is 2.58. The molecule has 4 saturated carbocycles. The molecule has 0 spiro atoms. The molecule has 0 aromatic rings. The van der Waals surface area contributed by atoms with Crippen LogP contribution in [0.5, 0.6) is 0 Å². The lowest BCUT2D eigenvalue weighted by atomic mass is 9.43. The molecule has 2 heteroatoms. The molecule has 4 aliphatic rings. The molecule has 4 fully saturated rings. The van der Waals surface area contributed by atoms with Gasteiger partial charge in [-0.15, -0.1) is 12.4 Å². The van der Waals surface area contributed by atoms with Gasteiger partial charge in [-0.2, -0.15) is 0 Å². The van der Waals surface area contributed by atoms with E-state index in [1.54, 1.807) is 0 Å². The second kappa shape index (κ2) is 2.68. The minimum absolute atomic E-state index is 0. The molecule has 82 valence electrons. The van der Waals surface area contributed by atoms with E-state index >= 15 is 0 Å². The smallest absolute Gasteiger partial charge is 0.0236 e. The Hall–Kier alpha value is 0.250. The first-order valence-corrected chi connectivity index (χ1v) is 5.45. The van der Waals surface area contributed by atoms with Crippen molar-refractivity contribution in [3.63, 3.8) is 0 Å². The molecule has 4 bridgehead atoms. The maximum absolute atomic E-state index is 7.86. The number of halogens is 1. The molecule has 0 heterocycles. The van der Waals surface area contributed by atoms with E-state index in [0.29, 0.717) is 5.92 Å². The Balaban J connectivity index is 0.00000108. The average Bonchev–Trinajstić information content (AvgIpc) is 1.92. The molecule has 2 N–H and O–H groups in total. The minimum atomic E-state index is -1.82. The zero-order valence-electron chi connectivity index (χ0n) is 11.8. The fourth-order valence-electron chi connectivity index (χ4n) is 5.00. The van der Waals surface area contributed by atoms with Crippen molar-refractivity contribution in [1.82, 2.24) is 0 Å². The monoisotopic (exact) mass is 218 g/mol. The summed E-state index contributed by atoms with van der Waals surface area (Å²) in [6.07, 6.45) is 5.77. The second-order valence-electron chi connectivity index (χ2n) is 6.46. The highest BCUT2D eigenvalue weighted by atomic mass is 35.5. The summed E-state index contributed by atoms with van der Waals surface area (Å²) in [5.41, 5.74) is 5.99. The predicted molar refractivity (Wildman–Crippen MR) is 61.6 cm³/mol. The summed E-state index contributed by atoms with van der Waals surface area (Å²) < 4.78 is 23.6. The molecule has 4 rings (SSSR count). The standard InChI is InChI=1S/C12H21N.ClH/c1-10-3-9-4-11(2,6-10)8-12(13,5-9)7-10;/h9H,3-8,13H2,1-2H3;1H/i1D3;. The van der Waals surface area contributed by atoms with Crippen LogP contribution in [0.4, 0.5) is 0 Å². The van der Waals surface area contributed by atoms with Crippen molar-refractivity contribution in [1.29, 1.82) is 0 Å². The molecule has 1 nitrogen and oxygen atoms in total. The van der Waals surface area contributed by atoms with Crippen LogP contribution in [0, 0.1) is 16.7 Å². The van der Waals surface area contributed by atoms with Gasteiger partial charge in [-0.1, -0.05) is 13.8 Å². The lowest BCUT2D eigenvalue weighted by Crippen LogP contribution is -2.62. The lowest BCUT2D eigenvalue weighted by Gasteiger charge is -2.64. The maximum Gasteiger partial charge on any atom is 0.0236 e. The Kier molecular flexibility index (Phi) is 1.44. The third-order valence-electron chi connectivity index (χ3n) is 4.39. The van der Waals surface area contributed by atoms with Gasteiger partial charge in [0.05, 0.1) is 0 Å². The molecule has 0 aromatic heterocycles. The van der Waals surface area contributed by atoms with Gasteiger partial charge in [0.2, 0.25) is 0 Å². The van der Waals surface area contributed by atoms with Gasteiger partial charge >= 0.3 is 0 Å². The Bertz CT molecular complexity index is 323. The van der Waals surface area contributed by atoms with Gasteiger partial charge in [0.15, 0.2) is 0 Å². The first kappa shape index (κ1) is 7.51. The fourth-order valence-corrected chi connectivity index (χ4v) is 5.00. The minimum Gasteiger partial charge on any atom is -0.325 e. The topological polar surface area (TPSA) is 26.0 Å². The van der Waals surface area contributed by atoms with Gasteiger partial charge in [0.1, 0.15) is 0 Å². The number of rotatable bonds is 0. The quantitative estimate of drug-likeness (QED) is 0.665. The number of hydrogen-bond donors (Lipinski definition) is 1. The molecule has 4 atom stereocenters. The predicted octanol–water partition coefficient (Wildman–Crippen LogP) is 3.12. The normalized spacial score (nSPS) is 63.9. The first-order chi connectivity index (χ1) is 7.16. The Labute approximate surface area is 97.4 Å². The largest absolute Gasteiger partial charge is 0.325 e. The van der Waals surface area contributed by atoms with Crippen molar-refractivity contribution in [2.45, 2.75) is 57.8 Å². The van der Waals surface area contributed by atoms with E-state index in [1.165, 1.54) is 6.42 Å². The van der Waals surface area contributed by atoms with Crippen LogP contribution in [0.1, 0.15) is 56.4 Å². The van der Waals surface area contributed by atoms with Crippen molar-refractivity contribution >= 4 is 12.4 Å². The van der Waals surface area contributed by atoms with Crippen molar-refractivity contribution in [2.75, 3.05) is 0 Å². The lowest BCUT2D eigenvalue weighted by molar-refractivity contribution is -0.104. The highest BCUT2D eigenvalue weighted by molar-refractivity contribution is 5.85. The van der Waals surface area contributed by atoms with Crippen LogP contribution < -0.4 is 5.73 Å². The second-order valence-corrected chi connectivity index (χ2v) is 6.46. The van der Waals surface area contributed by atoms with Crippen LogP contribution in [0.3, 0.4) is 0 Å². The van der Waals surface area contributed by atoms with Crippen LogP contribution in [0.25, 0.3) is 0 Å². The van der Waals surface area contributed by atoms with Gasteiger partial charge in [-0.25, -0.2) is 0 Å². The van der Waals surface area contributed by atoms with E-state index in [2.05, 4.69) is 6.92 Å². The van der Waals surface area contributed by atoms with Crippen LogP contribution in [-0.2, 0) is 0 Å². The molecule has 4 unspecified atom stereocenters. The summed E-state index contributed by atoms with van der Waals surface area (Å²) >= 11 is 0. The van der Waals surface area contributed by atoms with Gasteiger partial charge < -0.3 is 5.73 Å². The fraction of sp³-hybridized carbons (Fsp3) is 1.00. The van der Waals surface area contributed by atoms with E-state index in [1.807, 2.05) is 0 Å². The van der Waals surface area contributed by atoms with E-state index in [4.69, 9.17) is 9.85 Å². The summed E-state index contributed by atoms with van der Waals surface area (Å²) in [5, 5.41) is 0. The Morgan fingerprint density at radius 2 is 1.79 bits per heavy atom. The summed E-state index contributed by atoms with van der Waals surface area (Å²) in [6.45, 7) is 0.429. The molecular formula is C12H22ClN. The van der Waals surface area contributed by atoms with Crippen LogP contribution in [0.15, 0.2) is 0 Å². The zero-order chi connectivity index (χ0) is 11.8. The van der Waals surface area contributed by atoms with Crippen molar-refractivity contribution < 1.29 is 4.11 Å². The van der Waals surface area contributed by atoms with Crippen molar-refractivity contribution in [3.05, 3.63) is 0 Å². The van der Waals surface area contributed by atoms with Crippen LogP contribution in [0.2, 0.25) is 0 Å². The summed E-state index contributed by atoms with van der Waals surface area (Å²) in [6, 6.07) is 0. The highest BCUT2D eigenvalue weighted by Crippen LogP contribution is 2.65.